The SMILES string of the molecule is OCCn1cc(CNc2cccc3cc(Br)cnc23)nn1. The Morgan fingerprint density at radius 2 is 2.24 bits per heavy atom. The molecule has 1 aromatic carbocycles. The van der Waals surface area contributed by atoms with E-state index in [4.69, 9.17) is 5.11 Å². The van der Waals surface area contributed by atoms with Crippen molar-refractivity contribution in [1.82, 2.24) is 20.0 Å². The van der Waals surface area contributed by atoms with Crippen LogP contribution in [0, 0.1) is 0 Å². The van der Waals surface area contributed by atoms with Crippen molar-refractivity contribution >= 4 is 32.5 Å². The standard InChI is InChI=1S/C14H14BrN5O/c15-11-6-10-2-1-3-13(14(10)17-7-11)16-8-12-9-20(4-5-21)19-18-12/h1-3,6-7,9,16,21H,4-5,8H2. The van der Waals surface area contributed by atoms with Crippen molar-refractivity contribution in [3.63, 3.8) is 0 Å². The minimum Gasteiger partial charge on any atom is -0.394 e. The van der Waals surface area contributed by atoms with E-state index in [1.165, 1.54) is 0 Å². The van der Waals surface area contributed by atoms with Crippen LogP contribution in [0.3, 0.4) is 0 Å². The summed E-state index contributed by atoms with van der Waals surface area (Å²) in [7, 11) is 0. The van der Waals surface area contributed by atoms with Crippen molar-refractivity contribution in [3.05, 3.63) is 46.8 Å². The molecular formula is C14H14BrN5O. The van der Waals surface area contributed by atoms with E-state index in [0.29, 0.717) is 13.1 Å². The second kappa shape index (κ2) is 6.19. The number of aromatic nitrogens is 4. The van der Waals surface area contributed by atoms with Crippen LogP contribution < -0.4 is 5.32 Å². The number of para-hydroxylation sites is 1. The summed E-state index contributed by atoms with van der Waals surface area (Å²) in [6.45, 7) is 1.07. The number of hydrogen-bond acceptors (Lipinski definition) is 5. The monoisotopic (exact) mass is 347 g/mol. The molecule has 3 aromatic rings. The second-order valence-corrected chi connectivity index (χ2v) is 5.50. The average Bonchev–Trinajstić information content (AvgIpc) is 2.93. The molecule has 0 aliphatic heterocycles. The summed E-state index contributed by atoms with van der Waals surface area (Å²) in [5, 5.41) is 21.2. The first-order chi connectivity index (χ1) is 10.3. The van der Waals surface area contributed by atoms with Crippen molar-refractivity contribution in [3.8, 4) is 0 Å². The van der Waals surface area contributed by atoms with Gasteiger partial charge in [0, 0.05) is 16.1 Å². The van der Waals surface area contributed by atoms with Gasteiger partial charge in [0.25, 0.3) is 0 Å². The Labute approximate surface area is 129 Å². The number of fused-ring (bicyclic) bond motifs is 1. The molecule has 0 saturated carbocycles. The molecule has 0 spiro atoms. The summed E-state index contributed by atoms with van der Waals surface area (Å²) in [4.78, 5) is 4.44. The van der Waals surface area contributed by atoms with E-state index in [2.05, 4.69) is 36.5 Å². The molecular weight excluding hydrogens is 334 g/mol. The van der Waals surface area contributed by atoms with Gasteiger partial charge in [0.15, 0.2) is 0 Å². The molecule has 0 aliphatic carbocycles. The fraction of sp³-hybridized carbons (Fsp3) is 0.214. The summed E-state index contributed by atoms with van der Waals surface area (Å²) >= 11 is 3.43. The lowest BCUT2D eigenvalue weighted by atomic mass is 10.2. The number of anilines is 1. The topological polar surface area (TPSA) is 75.9 Å². The number of hydrogen-bond donors (Lipinski definition) is 2. The highest BCUT2D eigenvalue weighted by Gasteiger charge is 2.05. The van der Waals surface area contributed by atoms with E-state index >= 15 is 0 Å². The summed E-state index contributed by atoms with van der Waals surface area (Å²) in [6, 6.07) is 8.03. The van der Waals surface area contributed by atoms with Crippen LogP contribution >= 0.6 is 15.9 Å². The van der Waals surface area contributed by atoms with Crippen LogP contribution in [0.1, 0.15) is 5.69 Å². The molecule has 0 saturated heterocycles. The van der Waals surface area contributed by atoms with Crippen LogP contribution in [0.4, 0.5) is 5.69 Å². The molecule has 2 aromatic heterocycles. The molecule has 0 unspecified atom stereocenters. The normalized spacial score (nSPS) is 11.0. The molecule has 0 atom stereocenters. The number of halogens is 1. The molecule has 6 nitrogen and oxygen atoms in total. The Bertz CT molecular complexity index is 758. The van der Waals surface area contributed by atoms with Crippen molar-refractivity contribution in [2.45, 2.75) is 13.1 Å². The largest absolute Gasteiger partial charge is 0.394 e. The molecule has 0 fully saturated rings. The lowest BCUT2D eigenvalue weighted by Crippen LogP contribution is -2.02. The Kier molecular flexibility index (Phi) is 4.12. The van der Waals surface area contributed by atoms with Crippen LogP contribution in [0.25, 0.3) is 10.9 Å². The highest BCUT2D eigenvalue weighted by atomic mass is 79.9. The van der Waals surface area contributed by atoms with E-state index in [1.807, 2.05) is 30.5 Å². The van der Waals surface area contributed by atoms with Crippen LogP contribution in [0.15, 0.2) is 41.1 Å². The molecule has 0 aliphatic rings. The van der Waals surface area contributed by atoms with Crippen molar-refractivity contribution in [2.75, 3.05) is 11.9 Å². The fourth-order valence-corrected chi connectivity index (χ4v) is 2.44. The number of rotatable bonds is 5. The molecule has 108 valence electrons. The number of benzene rings is 1. The van der Waals surface area contributed by atoms with Gasteiger partial charge in [-0.3, -0.25) is 4.98 Å². The molecule has 3 rings (SSSR count). The highest BCUT2D eigenvalue weighted by molar-refractivity contribution is 9.10. The van der Waals surface area contributed by atoms with Gasteiger partial charge in [-0.2, -0.15) is 0 Å². The Morgan fingerprint density at radius 1 is 1.33 bits per heavy atom. The molecule has 0 radical (unpaired) electrons. The predicted octanol–water partition coefficient (Wildman–Crippen LogP) is 2.19. The first-order valence-electron chi connectivity index (χ1n) is 6.54. The second-order valence-electron chi connectivity index (χ2n) is 4.58. The molecule has 0 amide bonds. The van der Waals surface area contributed by atoms with Gasteiger partial charge in [-0.15, -0.1) is 5.10 Å². The summed E-state index contributed by atoms with van der Waals surface area (Å²) in [5.74, 6) is 0. The van der Waals surface area contributed by atoms with Gasteiger partial charge in [-0.05, 0) is 28.1 Å². The van der Waals surface area contributed by atoms with Gasteiger partial charge in [-0.1, -0.05) is 17.3 Å². The van der Waals surface area contributed by atoms with Gasteiger partial charge in [0.1, 0.15) is 5.69 Å². The first-order valence-corrected chi connectivity index (χ1v) is 7.33. The van der Waals surface area contributed by atoms with Crippen molar-refractivity contribution in [1.29, 1.82) is 0 Å². The molecule has 7 heteroatoms. The number of pyridine rings is 1. The number of nitrogens with one attached hydrogen (secondary N) is 1. The minimum absolute atomic E-state index is 0.0539. The zero-order chi connectivity index (χ0) is 14.7. The number of aliphatic hydroxyl groups is 1. The maximum absolute atomic E-state index is 8.86. The lowest BCUT2D eigenvalue weighted by molar-refractivity contribution is 0.268. The fourth-order valence-electron chi connectivity index (χ4n) is 2.09. The van der Waals surface area contributed by atoms with Gasteiger partial charge in [0.05, 0.1) is 37.1 Å². The van der Waals surface area contributed by atoms with E-state index < -0.39 is 0 Å². The third-order valence-electron chi connectivity index (χ3n) is 3.05. The van der Waals surface area contributed by atoms with Crippen LogP contribution in [0.5, 0.6) is 0 Å². The number of nitrogens with zero attached hydrogens (tertiary/aromatic N) is 4. The van der Waals surface area contributed by atoms with Crippen LogP contribution in [-0.4, -0.2) is 31.7 Å². The Balaban J connectivity index is 1.78. The molecule has 0 bridgehead atoms. The molecule has 2 N–H and O–H groups in total. The Hall–Kier alpha value is -1.99. The number of aliphatic hydroxyl groups excluding tert-OH is 1. The summed E-state index contributed by atoms with van der Waals surface area (Å²) in [6.07, 6.45) is 3.60. The van der Waals surface area contributed by atoms with E-state index in [1.54, 1.807) is 10.9 Å². The van der Waals surface area contributed by atoms with E-state index in [9.17, 15) is 0 Å². The predicted molar refractivity (Wildman–Crippen MR) is 83.9 cm³/mol. The summed E-state index contributed by atoms with van der Waals surface area (Å²) in [5.41, 5.74) is 2.69. The maximum atomic E-state index is 8.86. The molecule has 21 heavy (non-hydrogen) atoms. The zero-order valence-corrected chi connectivity index (χ0v) is 12.8. The van der Waals surface area contributed by atoms with E-state index in [-0.39, 0.29) is 6.61 Å². The van der Waals surface area contributed by atoms with Crippen LogP contribution in [0.2, 0.25) is 0 Å². The third-order valence-corrected chi connectivity index (χ3v) is 3.49. The van der Waals surface area contributed by atoms with Crippen molar-refractivity contribution in [2.24, 2.45) is 0 Å². The van der Waals surface area contributed by atoms with Crippen LogP contribution in [-0.2, 0) is 13.1 Å². The van der Waals surface area contributed by atoms with E-state index in [0.717, 1.165) is 26.8 Å². The zero-order valence-electron chi connectivity index (χ0n) is 11.2. The maximum Gasteiger partial charge on any atom is 0.102 e. The van der Waals surface area contributed by atoms with Crippen molar-refractivity contribution < 1.29 is 5.11 Å². The minimum atomic E-state index is 0.0539. The Morgan fingerprint density at radius 3 is 3.10 bits per heavy atom. The van der Waals surface area contributed by atoms with Gasteiger partial charge >= 0.3 is 0 Å². The van der Waals surface area contributed by atoms with Gasteiger partial charge in [-0.25, -0.2) is 4.68 Å². The molecule has 2 heterocycles. The summed E-state index contributed by atoms with van der Waals surface area (Å²) < 4.78 is 2.58. The quantitative estimate of drug-likeness (QED) is 0.739. The average molecular weight is 348 g/mol. The first kappa shape index (κ1) is 14.0. The highest BCUT2D eigenvalue weighted by Crippen LogP contribution is 2.24. The van der Waals surface area contributed by atoms with Gasteiger partial charge in [0.2, 0.25) is 0 Å². The smallest absolute Gasteiger partial charge is 0.102 e. The lowest BCUT2D eigenvalue weighted by Gasteiger charge is -2.07. The third kappa shape index (κ3) is 3.20. The van der Waals surface area contributed by atoms with Gasteiger partial charge < -0.3 is 10.4 Å².